The first-order chi connectivity index (χ1) is 15.7. The predicted molar refractivity (Wildman–Crippen MR) is 121 cm³/mol. The highest BCUT2D eigenvalue weighted by molar-refractivity contribution is 5.76. The van der Waals surface area contributed by atoms with Gasteiger partial charge in [0.25, 0.3) is 0 Å². The third kappa shape index (κ3) is 5.46. The molecule has 1 atom stereocenters. The minimum atomic E-state index is 0.0754. The normalized spacial score (nSPS) is 17.8. The van der Waals surface area contributed by atoms with Crippen LogP contribution in [0.15, 0.2) is 36.4 Å². The Morgan fingerprint density at radius 1 is 1.16 bits per heavy atom. The molecule has 0 radical (unpaired) electrons. The van der Waals surface area contributed by atoms with Gasteiger partial charge in [0.05, 0.1) is 14.2 Å². The smallest absolute Gasteiger partial charge is 0.231 e. The van der Waals surface area contributed by atoms with Crippen LogP contribution in [0.25, 0.3) is 0 Å². The first-order valence-corrected chi connectivity index (χ1v) is 11.2. The molecule has 7 heteroatoms. The van der Waals surface area contributed by atoms with E-state index in [0.29, 0.717) is 31.4 Å². The maximum absolute atomic E-state index is 12.5. The molecular formula is C25H32N2O5. The summed E-state index contributed by atoms with van der Waals surface area (Å²) in [4.78, 5) is 14.9. The van der Waals surface area contributed by atoms with E-state index in [-0.39, 0.29) is 5.91 Å². The van der Waals surface area contributed by atoms with Gasteiger partial charge in [-0.3, -0.25) is 9.69 Å². The number of amides is 1. The van der Waals surface area contributed by atoms with Crippen molar-refractivity contribution in [2.75, 3.05) is 34.1 Å². The maximum atomic E-state index is 12.5. The molecular weight excluding hydrogens is 408 g/mol. The highest BCUT2D eigenvalue weighted by atomic mass is 16.7. The zero-order valence-electron chi connectivity index (χ0n) is 18.9. The number of nitrogens with one attached hydrogen (secondary N) is 1. The lowest BCUT2D eigenvalue weighted by Gasteiger charge is -2.33. The molecule has 0 spiro atoms. The summed E-state index contributed by atoms with van der Waals surface area (Å²) in [5.74, 6) is 3.77. The molecule has 32 heavy (non-hydrogen) atoms. The number of para-hydroxylation sites is 1. The quantitative estimate of drug-likeness (QED) is 0.641. The van der Waals surface area contributed by atoms with Crippen LogP contribution in [0, 0.1) is 5.92 Å². The zero-order chi connectivity index (χ0) is 22.3. The van der Waals surface area contributed by atoms with Crippen molar-refractivity contribution in [2.45, 2.75) is 38.8 Å². The minimum absolute atomic E-state index is 0.0754. The van der Waals surface area contributed by atoms with E-state index in [1.165, 1.54) is 12.0 Å². The Hall–Kier alpha value is -2.93. The summed E-state index contributed by atoms with van der Waals surface area (Å²) < 4.78 is 21.8. The molecule has 1 N–H and O–H groups in total. The third-order valence-electron chi connectivity index (χ3n) is 6.23. The number of methoxy groups -OCH3 is 2. The fourth-order valence-corrected chi connectivity index (χ4v) is 4.50. The minimum Gasteiger partial charge on any atom is -0.497 e. The molecule has 4 rings (SSSR count). The number of carbonyl (C=O) groups excluding carboxylic acids is 1. The average molecular weight is 441 g/mol. The van der Waals surface area contributed by atoms with Crippen molar-refractivity contribution in [1.82, 2.24) is 10.2 Å². The van der Waals surface area contributed by atoms with Crippen molar-refractivity contribution in [1.29, 1.82) is 0 Å². The van der Waals surface area contributed by atoms with Gasteiger partial charge in [0.2, 0.25) is 12.7 Å². The first kappa shape index (κ1) is 22.3. The highest BCUT2D eigenvalue weighted by Gasteiger charge is 2.24. The van der Waals surface area contributed by atoms with E-state index in [2.05, 4.69) is 16.3 Å². The van der Waals surface area contributed by atoms with Crippen LogP contribution in [0.3, 0.4) is 0 Å². The Morgan fingerprint density at radius 3 is 2.91 bits per heavy atom. The molecule has 1 fully saturated rings. The summed E-state index contributed by atoms with van der Waals surface area (Å²) in [6, 6.07) is 11.7. The summed E-state index contributed by atoms with van der Waals surface area (Å²) in [5.41, 5.74) is 2.11. The summed E-state index contributed by atoms with van der Waals surface area (Å²) in [6.07, 6.45) is 3.76. The number of rotatable bonds is 9. The molecule has 172 valence electrons. The molecule has 2 aliphatic rings. The summed E-state index contributed by atoms with van der Waals surface area (Å²) in [6.45, 7) is 3.68. The summed E-state index contributed by atoms with van der Waals surface area (Å²) >= 11 is 0. The Kier molecular flexibility index (Phi) is 7.37. The second-order valence-corrected chi connectivity index (χ2v) is 8.39. The summed E-state index contributed by atoms with van der Waals surface area (Å²) in [7, 11) is 3.25. The van der Waals surface area contributed by atoms with Crippen molar-refractivity contribution in [2.24, 2.45) is 5.92 Å². The van der Waals surface area contributed by atoms with E-state index in [1.807, 2.05) is 30.3 Å². The van der Waals surface area contributed by atoms with Crippen LogP contribution in [0.5, 0.6) is 23.0 Å². The van der Waals surface area contributed by atoms with Gasteiger partial charge in [-0.15, -0.1) is 0 Å². The number of piperidine rings is 1. The molecule has 2 aromatic rings. The number of nitrogens with zero attached hydrogens (tertiary/aromatic N) is 1. The van der Waals surface area contributed by atoms with E-state index >= 15 is 0 Å². The van der Waals surface area contributed by atoms with E-state index < -0.39 is 0 Å². The Balaban J connectivity index is 1.23. The molecule has 0 bridgehead atoms. The highest BCUT2D eigenvalue weighted by Crippen LogP contribution is 2.36. The average Bonchev–Trinajstić information content (AvgIpc) is 3.31. The third-order valence-corrected chi connectivity index (χ3v) is 6.23. The Bertz CT molecular complexity index is 933. The SMILES string of the molecule is COc1ccc(CNC(=O)CCC2CCCN(Cc3cccc4c3OCO4)C2)c(OC)c1. The van der Waals surface area contributed by atoms with Gasteiger partial charge in [-0.2, -0.15) is 0 Å². The van der Waals surface area contributed by atoms with Crippen LogP contribution >= 0.6 is 0 Å². The predicted octanol–water partition coefficient (Wildman–Crippen LogP) is 3.74. The monoisotopic (exact) mass is 440 g/mol. The van der Waals surface area contributed by atoms with Crippen LogP contribution in [0.2, 0.25) is 0 Å². The van der Waals surface area contributed by atoms with E-state index in [4.69, 9.17) is 18.9 Å². The van der Waals surface area contributed by atoms with Crippen molar-refractivity contribution in [3.63, 3.8) is 0 Å². The number of fused-ring (bicyclic) bond motifs is 1. The van der Waals surface area contributed by atoms with Gasteiger partial charge in [0.1, 0.15) is 11.5 Å². The van der Waals surface area contributed by atoms with Crippen molar-refractivity contribution in [3.8, 4) is 23.0 Å². The molecule has 1 saturated heterocycles. The van der Waals surface area contributed by atoms with Gasteiger partial charge in [-0.25, -0.2) is 0 Å². The second-order valence-electron chi connectivity index (χ2n) is 8.39. The lowest BCUT2D eigenvalue weighted by atomic mass is 9.93. The Labute approximate surface area is 189 Å². The maximum Gasteiger partial charge on any atom is 0.231 e. The molecule has 1 unspecified atom stereocenters. The molecule has 0 aromatic heterocycles. The van der Waals surface area contributed by atoms with Crippen LogP contribution in [-0.4, -0.2) is 44.9 Å². The van der Waals surface area contributed by atoms with Gasteiger partial charge in [0.15, 0.2) is 11.5 Å². The zero-order valence-corrected chi connectivity index (χ0v) is 18.9. The van der Waals surface area contributed by atoms with Gasteiger partial charge in [-0.05, 0) is 49.9 Å². The number of carbonyl (C=O) groups is 1. The molecule has 0 aliphatic carbocycles. The van der Waals surface area contributed by atoms with Gasteiger partial charge >= 0.3 is 0 Å². The van der Waals surface area contributed by atoms with Crippen molar-refractivity contribution >= 4 is 5.91 Å². The standard InChI is InChI=1S/C25H32N2O5/c1-29-21-10-9-19(23(13-21)30-2)14-26-24(28)11-8-18-5-4-12-27(15-18)16-20-6-3-7-22-25(20)32-17-31-22/h3,6-7,9-10,13,18H,4-5,8,11-12,14-17H2,1-2H3,(H,26,28). The molecule has 7 nitrogen and oxygen atoms in total. The summed E-state index contributed by atoms with van der Waals surface area (Å²) in [5, 5.41) is 3.03. The fraction of sp³-hybridized carbons (Fsp3) is 0.480. The lowest BCUT2D eigenvalue weighted by Crippen LogP contribution is -2.35. The van der Waals surface area contributed by atoms with Gasteiger partial charge in [-0.1, -0.05) is 12.1 Å². The number of benzene rings is 2. The molecule has 0 saturated carbocycles. The Morgan fingerprint density at radius 2 is 2.06 bits per heavy atom. The van der Waals surface area contributed by atoms with Crippen LogP contribution < -0.4 is 24.3 Å². The molecule has 2 aromatic carbocycles. The second kappa shape index (κ2) is 10.6. The van der Waals surface area contributed by atoms with Crippen molar-refractivity contribution in [3.05, 3.63) is 47.5 Å². The topological polar surface area (TPSA) is 69.3 Å². The van der Waals surface area contributed by atoms with E-state index in [1.54, 1.807) is 14.2 Å². The van der Waals surface area contributed by atoms with Gasteiger partial charge in [0, 0.05) is 43.2 Å². The number of ether oxygens (including phenoxy) is 4. The number of hydrogen-bond acceptors (Lipinski definition) is 6. The van der Waals surface area contributed by atoms with E-state index in [9.17, 15) is 4.79 Å². The number of likely N-dealkylation sites (tertiary alicyclic amines) is 1. The van der Waals surface area contributed by atoms with E-state index in [0.717, 1.165) is 55.3 Å². The lowest BCUT2D eigenvalue weighted by molar-refractivity contribution is -0.121. The molecule has 1 amide bonds. The van der Waals surface area contributed by atoms with Crippen LogP contribution in [0.1, 0.15) is 36.8 Å². The molecule has 2 aliphatic heterocycles. The largest absolute Gasteiger partial charge is 0.497 e. The molecule has 2 heterocycles. The number of hydrogen-bond donors (Lipinski definition) is 1. The van der Waals surface area contributed by atoms with Gasteiger partial charge < -0.3 is 24.3 Å². The van der Waals surface area contributed by atoms with Crippen LogP contribution in [-0.2, 0) is 17.9 Å². The van der Waals surface area contributed by atoms with Crippen molar-refractivity contribution < 1.29 is 23.7 Å². The fourth-order valence-electron chi connectivity index (χ4n) is 4.50. The first-order valence-electron chi connectivity index (χ1n) is 11.2. The van der Waals surface area contributed by atoms with Crippen LogP contribution in [0.4, 0.5) is 0 Å².